The minimum Gasteiger partial charge on any atom is -0.390 e. The zero-order valence-electron chi connectivity index (χ0n) is 18.3. The Morgan fingerprint density at radius 3 is 2.38 bits per heavy atom. The molecule has 15 heteroatoms. The van der Waals surface area contributed by atoms with E-state index in [-0.39, 0.29) is 18.2 Å². The van der Waals surface area contributed by atoms with Crippen LogP contribution in [-0.2, 0) is 14.8 Å². The largest absolute Gasteiger partial charge is 0.390 e. The molecule has 2 aromatic rings. The molecule has 1 amide bonds. The van der Waals surface area contributed by atoms with Crippen LogP contribution in [0, 0.1) is 11.6 Å². The number of aromatic nitrogens is 1. The van der Waals surface area contributed by atoms with Crippen LogP contribution in [0.2, 0.25) is 0 Å². The van der Waals surface area contributed by atoms with Crippen LogP contribution >= 0.6 is 11.3 Å². The van der Waals surface area contributed by atoms with Gasteiger partial charge in [0.1, 0.15) is 29.5 Å². The van der Waals surface area contributed by atoms with Gasteiger partial charge in [-0.15, -0.1) is 11.3 Å². The lowest BCUT2D eigenvalue weighted by Crippen LogP contribution is -2.64. The average molecular weight is 526 g/mol. The molecule has 1 aromatic heterocycles. The fourth-order valence-electron chi connectivity index (χ4n) is 2.88. The molecule has 5 N–H and O–H groups in total. The number of methoxy groups -OCH3 is 1. The molecule has 0 aliphatic carbocycles. The van der Waals surface area contributed by atoms with Gasteiger partial charge in [0.2, 0.25) is 10.0 Å². The van der Waals surface area contributed by atoms with Gasteiger partial charge in [0.15, 0.2) is 10.9 Å². The smallest absolute Gasteiger partial charge is 0.273 e. The molecule has 11 nitrogen and oxygen atoms in total. The molecular formula is C19H25F2N3O8S2. The third-order valence-electron chi connectivity index (χ3n) is 4.86. The first-order valence-electron chi connectivity index (χ1n) is 9.64. The number of nitrogens with zero attached hydrogens (tertiary/aromatic N) is 2. The number of carbonyl (C=O) groups is 1. The number of sulfonamides is 1. The number of rotatable bonds is 11. The van der Waals surface area contributed by atoms with Gasteiger partial charge in [-0.1, -0.05) is 0 Å². The quantitative estimate of drug-likeness (QED) is 0.248. The molecule has 1 heterocycles. The van der Waals surface area contributed by atoms with Crippen LogP contribution in [0.5, 0.6) is 0 Å². The number of nitrogens with one attached hydrogen (secondary N) is 1. The Bertz CT molecular complexity index is 1100. The second-order valence-electron chi connectivity index (χ2n) is 7.42. The van der Waals surface area contributed by atoms with Crippen molar-refractivity contribution in [1.29, 1.82) is 0 Å². The van der Waals surface area contributed by atoms with Gasteiger partial charge in [-0.05, 0) is 24.1 Å². The minimum absolute atomic E-state index is 0.0692. The van der Waals surface area contributed by atoms with Crippen molar-refractivity contribution in [3.63, 3.8) is 0 Å². The van der Waals surface area contributed by atoms with E-state index in [1.165, 1.54) is 14.2 Å². The fraction of sp³-hybridized carbons (Fsp3) is 0.474. The monoisotopic (exact) mass is 525 g/mol. The molecule has 0 aliphatic heterocycles. The van der Waals surface area contributed by atoms with Crippen molar-refractivity contribution in [1.82, 2.24) is 10.3 Å². The van der Waals surface area contributed by atoms with Crippen molar-refractivity contribution in [2.45, 2.75) is 30.5 Å². The normalized spacial score (nSPS) is 16.4. The summed E-state index contributed by atoms with van der Waals surface area (Å²) in [6.45, 7) is -0.0692. The Morgan fingerprint density at radius 2 is 1.85 bits per heavy atom. The third-order valence-corrected chi connectivity index (χ3v) is 7.06. The second kappa shape index (κ2) is 11.0. The highest BCUT2D eigenvalue weighted by Crippen LogP contribution is 2.31. The molecule has 0 radical (unpaired) electrons. The van der Waals surface area contributed by atoms with Crippen molar-refractivity contribution < 1.29 is 47.2 Å². The number of amides is 1. The van der Waals surface area contributed by atoms with E-state index < -0.39 is 62.9 Å². The van der Waals surface area contributed by atoms with Crippen LogP contribution in [-0.4, -0.2) is 84.7 Å². The lowest BCUT2D eigenvalue weighted by atomic mass is 9.89. The second-order valence-corrected chi connectivity index (χ2v) is 10.3. The molecule has 190 valence electrons. The van der Waals surface area contributed by atoms with Gasteiger partial charge in [-0.3, -0.25) is 4.79 Å². The van der Waals surface area contributed by atoms with Crippen LogP contribution in [0.15, 0.2) is 23.6 Å². The van der Waals surface area contributed by atoms with Gasteiger partial charge in [0.25, 0.3) is 5.91 Å². The number of carbonyl (C=O) groups excluding carboxylic acids is 1. The number of aliphatic hydroxyl groups is 4. The number of halogens is 2. The first-order valence-corrected chi connectivity index (χ1v) is 12.4. The summed E-state index contributed by atoms with van der Waals surface area (Å²) in [6, 6.07) is 1.84. The number of hydrogen-bond acceptors (Lipinski definition) is 10. The number of hydrogen-bond donors (Lipinski definition) is 5. The maximum Gasteiger partial charge on any atom is 0.273 e. The van der Waals surface area contributed by atoms with Gasteiger partial charge < -0.3 is 30.5 Å². The number of ether oxygens (including phenoxy) is 1. The summed E-state index contributed by atoms with van der Waals surface area (Å²) in [7, 11) is -1.18. The highest BCUT2D eigenvalue weighted by atomic mass is 32.2. The van der Waals surface area contributed by atoms with E-state index in [4.69, 9.17) is 4.74 Å². The van der Waals surface area contributed by atoms with Crippen LogP contribution in [0.4, 0.5) is 13.9 Å². The highest BCUT2D eigenvalue weighted by Gasteiger charge is 2.48. The van der Waals surface area contributed by atoms with Crippen LogP contribution < -0.4 is 9.62 Å². The molecular weight excluding hydrogens is 500 g/mol. The van der Waals surface area contributed by atoms with Crippen LogP contribution in [0.3, 0.4) is 0 Å². The molecule has 34 heavy (non-hydrogen) atoms. The Balaban J connectivity index is 2.43. The number of benzene rings is 1. The fourth-order valence-corrected chi connectivity index (χ4v) is 4.42. The minimum atomic E-state index is -3.69. The van der Waals surface area contributed by atoms with E-state index >= 15 is 0 Å². The molecule has 0 fully saturated rings. The zero-order valence-corrected chi connectivity index (χ0v) is 20.0. The van der Waals surface area contributed by atoms with Crippen molar-refractivity contribution in [3.05, 3.63) is 46.5 Å². The summed E-state index contributed by atoms with van der Waals surface area (Å²) in [5, 5.41) is 45.7. The predicted octanol–water partition coefficient (Wildman–Crippen LogP) is -0.273. The van der Waals surface area contributed by atoms with E-state index in [2.05, 4.69) is 4.98 Å². The van der Waals surface area contributed by atoms with Gasteiger partial charge in [-0.2, -0.15) is 0 Å². The van der Waals surface area contributed by atoms with Gasteiger partial charge in [-0.25, -0.2) is 26.5 Å². The Morgan fingerprint density at radius 1 is 1.26 bits per heavy atom. The Kier molecular flexibility index (Phi) is 9.04. The zero-order chi connectivity index (χ0) is 25.8. The van der Waals surface area contributed by atoms with Crippen LogP contribution in [0.25, 0.3) is 0 Å². The van der Waals surface area contributed by atoms with Crippen molar-refractivity contribution >= 4 is 32.4 Å². The maximum atomic E-state index is 13.7. The summed E-state index contributed by atoms with van der Waals surface area (Å²) in [6.07, 6.45) is -5.64. The van der Waals surface area contributed by atoms with Crippen molar-refractivity contribution in [2.24, 2.45) is 0 Å². The lowest BCUT2D eigenvalue weighted by Gasteiger charge is -2.39. The third kappa shape index (κ3) is 6.44. The number of anilines is 1. The van der Waals surface area contributed by atoms with Gasteiger partial charge in [0.05, 0.1) is 12.4 Å². The SMILES string of the molecule is COCCC(O)C(O)C(O)(NC(=O)c1csc(N(C)S(C)(=O)=O)n1)C(O)c1cc(F)cc(F)c1. The Labute approximate surface area is 198 Å². The summed E-state index contributed by atoms with van der Waals surface area (Å²) in [5.41, 5.74) is -4.00. The standard InChI is InChI=1S/C19H25F2N3O8S2/c1-24(34(3,30)31)18-22-13(9-33-18)17(28)23-19(29,16(27)14(25)4-5-32-2)15(26)10-6-11(20)8-12(21)7-10/h6-9,14-16,25-27,29H,4-5H2,1-3H3,(H,23,28). The maximum absolute atomic E-state index is 13.7. The molecule has 0 aliphatic rings. The molecule has 1 aromatic carbocycles. The summed E-state index contributed by atoms with van der Waals surface area (Å²) < 4.78 is 56.3. The molecule has 4 unspecified atom stereocenters. The lowest BCUT2D eigenvalue weighted by molar-refractivity contribution is -0.192. The van der Waals surface area contributed by atoms with Crippen molar-refractivity contribution in [2.75, 3.05) is 31.3 Å². The van der Waals surface area contributed by atoms with Crippen LogP contribution in [0.1, 0.15) is 28.6 Å². The molecule has 2 rings (SSSR count). The topological polar surface area (TPSA) is 170 Å². The van der Waals surface area contributed by atoms with Crippen molar-refractivity contribution in [3.8, 4) is 0 Å². The van der Waals surface area contributed by atoms with Gasteiger partial charge >= 0.3 is 0 Å². The molecule has 0 saturated carbocycles. The Hall–Kier alpha value is -2.27. The number of thiazole rings is 1. The summed E-state index contributed by atoms with van der Waals surface area (Å²) in [5.74, 6) is -3.39. The molecule has 0 bridgehead atoms. The van der Waals surface area contributed by atoms with E-state index in [1.807, 2.05) is 5.32 Å². The van der Waals surface area contributed by atoms with E-state index in [9.17, 15) is 42.4 Å². The number of aliphatic hydroxyl groups excluding tert-OH is 3. The average Bonchev–Trinajstić information content (AvgIpc) is 3.24. The molecule has 0 saturated heterocycles. The molecule has 4 atom stereocenters. The predicted molar refractivity (Wildman–Crippen MR) is 118 cm³/mol. The molecule has 0 spiro atoms. The summed E-state index contributed by atoms with van der Waals surface area (Å²) in [4.78, 5) is 16.6. The summed E-state index contributed by atoms with van der Waals surface area (Å²) >= 11 is 0.776. The first-order chi connectivity index (χ1) is 15.7. The van der Waals surface area contributed by atoms with E-state index in [1.54, 1.807) is 0 Å². The highest BCUT2D eigenvalue weighted by molar-refractivity contribution is 7.92. The first kappa shape index (κ1) is 28.0. The van der Waals surface area contributed by atoms with E-state index in [0.717, 1.165) is 27.3 Å². The van der Waals surface area contributed by atoms with Gasteiger partial charge in [0, 0.05) is 32.2 Å². The van der Waals surface area contributed by atoms with E-state index in [0.29, 0.717) is 18.2 Å².